The van der Waals surface area contributed by atoms with Crippen LogP contribution >= 0.6 is 0 Å². The molecule has 0 spiro atoms. The Bertz CT molecular complexity index is 606. The Hall–Kier alpha value is -2.15. The van der Waals surface area contributed by atoms with Gasteiger partial charge in [0.1, 0.15) is 5.52 Å². The van der Waals surface area contributed by atoms with Gasteiger partial charge in [0.15, 0.2) is 5.58 Å². The van der Waals surface area contributed by atoms with Crippen LogP contribution in [0.1, 0.15) is 12.8 Å². The summed E-state index contributed by atoms with van der Waals surface area (Å²) < 4.78 is 5.43. The molecule has 19 heavy (non-hydrogen) atoms. The van der Waals surface area contributed by atoms with Gasteiger partial charge < -0.3 is 15.1 Å². The number of nitro benzene ring substituents is 1. The van der Waals surface area contributed by atoms with Crippen molar-refractivity contribution in [1.29, 1.82) is 0 Å². The minimum Gasteiger partial charge on any atom is -0.423 e. The Morgan fingerprint density at radius 3 is 3.00 bits per heavy atom. The SMILES string of the molecule is O=[N+]([O-])c1ccc2nc(NCCNC3CC3)oc2c1. The van der Waals surface area contributed by atoms with Crippen LogP contribution in [0.4, 0.5) is 11.7 Å². The molecule has 7 heteroatoms. The van der Waals surface area contributed by atoms with Gasteiger partial charge in [-0.2, -0.15) is 4.98 Å². The lowest BCUT2D eigenvalue weighted by Gasteiger charge is -2.02. The lowest BCUT2D eigenvalue weighted by molar-refractivity contribution is -0.384. The van der Waals surface area contributed by atoms with Crippen LogP contribution in [0.5, 0.6) is 0 Å². The van der Waals surface area contributed by atoms with E-state index in [4.69, 9.17) is 4.42 Å². The number of non-ortho nitro benzene ring substituents is 1. The van der Waals surface area contributed by atoms with Gasteiger partial charge in [0.2, 0.25) is 0 Å². The molecule has 0 atom stereocenters. The molecule has 1 heterocycles. The third kappa shape index (κ3) is 2.82. The predicted octanol–water partition coefficient (Wildman–Crippen LogP) is 1.90. The number of hydrogen-bond donors (Lipinski definition) is 2. The molecule has 7 nitrogen and oxygen atoms in total. The summed E-state index contributed by atoms with van der Waals surface area (Å²) >= 11 is 0. The number of rotatable bonds is 6. The standard InChI is InChI=1S/C12H14N4O3/c17-16(18)9-3-4-10-11(7-9)19-12(15-10)14-6-5-13-8-1-2-8/h3-4,7-8,13H,1-2,5-6H2,(H,14,15). The molecule has 100 valence electrons. The van der Waals surface area contributed by atoms with E-state index < -0.39 is 4.92 Å². The minimum absolute atomic E-state index is 0.00519. The van der Waals surface area contributed by atoms with Crippen molar-refractivity contribution < 1.29 is 9.34 Å². The van der Waals surface area contributed by atoms with Gasteiger partial charge in [0.25, 0.3) is 11.7 Å². The maximum absolute atomic E-state index is 10.7. The van der Waals surface area contributed by atoms with Crippen LogP contribution in [0, 0.1) is 10.1 Å². The summed E-state index contributed by atoms with van der Waals surface area (Å²) in [7, 11) is 0. The molecule has 0 unspecified atom stereocenters. The van der Waals surface area contributed by atoms with Crippen LogP contribution in [0.2, 0.25) is 0 Å². The second kappa shape index (κ2) is 4.85. The number of nitrogens with one attached hydrogen (secondary N) is 2. The van der Waals surface area contributed by atoms with Crippen LogP contribution in [0.25, 0.3) is 11.1 Å². The molecule has 0 aliphatic heterocycles. The number of nitro groups is 1. The number of benzene rings is 1. The highest BCUT2D eigenvalue weighted by Gasteiger charge is 2.19. The second-order valence-corrected chi connectivity index (χ2v) is 4.58. The zero-order valence-electron chi connectivity index (χ0n) is 10.3. The smallest absolute Gasteiger partial charge is 0.295 e. The lowest BCUT2D eigenvalue weighted by Crippen LogP contribution is -2.23. The monoisotopic (exact) mass is 262 g/mol. The van der Waals surface area contributed by atoms with Gasteiger partial charge >= 0.3 is 0 Å². The summed E-state index contributed by atoms with van der Waals surface area (Å²) in [6, 6.07) is 5.46. The van der Waals surface area contributed by atoms with Crippen LogP contribution in [-0.4, -0.2) is 29.0 Å². The van der Waals surface area contributed by atoms with E-state index in [1.54, 1.807) is 6.07 Å². The van der Waals surface area contributed by atoms with Crippen molar-refractivity contribution in [3.8, 4) is 0 Å². The Kier molecular flexibility index (Phi) is 3.04. The molecule has 1 aromatic carbocycles. The van der Waals surface area contributed by atoms with Gasteiger partial charge in [-0.25, -0.2) is 0 Å². The second-order valence-electron chi connectivity index (χ2n) is 4.58. The highest BCUT2D eigenvalue weighted by atomic mass is 16.6. The highest BCUT2D eigenvalue weighted by Crippen LogP contribution is 2.23. The average molecular weight is 262 g/mol. The van der Waals surface area contributed by atoms with Crippen LogP contribution in [0.15, 0.2) is 22.6 Å². The van der Waals surface area contributed by atoms with E-state index in [9.17, 15) is 10.1 Å². The molecule has 2 aromatic rings. The number of oxazole rings is 1. The molecule has 1 aromatic heterocycles. The Morgan fingerprint density at radius 1 is 1.42 bits per heavy atom. The number of nitrogens with zero attached hydrogens (tertiary/aromatic N) is 2. The molecular weight excluding hydrogens is 248 g/mol. The number of anilines is 1. The van der Waals surface area contributed by atoms with Crippen LogP contribution in [-0.2, 0) is 0 Å². The molecule has 0 amide bonds. The summed E-state index contributed by atoms with van der Waals surface area (Å²) in [5.41, 5.74) is 1.04. The predicted molar refractivity (Wildman–Crippen MR) is 70.2 cm³/mol. The van der Waals surface area contributed by atoms with Crippen molar-refractivity contribution in [3.05, 3.63) is 28.3 Å². The third-order valence-electron chi connectivity index (χ3n) is 2.99. The van der Waals surface area contributed by atoms with Crippen molar-refractivity contribution in [2.45, 2.75) is 18.9 Å². The summed E-state index contributed by atoms with van der Waals surface area (Å²) in [6.07, 6.45) is 2.51. The fourth-order valence-electron chi connectivity index (χ4n) is 1.84. The van der Waals surface area contributed by atoms with E-state index in [-0.39, 0.29) is 5.69 Å². The van der Waals surface area contributed by atoms with E-state index in [0.29, 0.717) is 29.7 Å². The molecule has 3 rings (SSSR count). The van der Waals surface area contributed by atoms with E-state index in [1.165, 1.54) is 25.0 Å². The minimum atomic E-state index is -0.450. The van der Waals surface area contributed by atoms with Crippen molar-refractivity contribution in [3.63, 3.8) is 0 Å². The topological polar surface area (TPSA) is 93.2 Å². The molecule has 1 aliphatic rings. The van der Waals surface area contributed by atoms with Gasteiger partial charge in [0.05, 0.1) is 11.0 Å². The lowest BCUT2D eigenvalue weighted by atomic mass is 10.3. The molecule has 0 saturated heterocycles. The fourth-order valence-corrected chi connectivity index (χ4v) is 1.84. The molecule has 2 N–H and O–H groups in total. The van der Waals surface area contributed by atoms with Crippen molar-refractivity contribution in [1.82, 2.24) is 10.3 Å². The Balaban J connectivity index is 1.64. The summed E-state index contributed by atoms with van der Waals surface area (Å²) in [4.78, 5) is 14.4. The maximum atomic E-state index is 10.7. The van der Waals surface area contributed by atoms with E-state index in [2.05, 4.69) is 15.6 Å². The molecule has 1 saturated carbocycles. The Morgan fingerprint density at radius 2 is 2.26 bits per heavy atom. The van der Waals surface area contributed by atoms with Crippen LogP contribution < -0.4 is 10.6 Å². The van der Waals surface area contributed by atoms with E-state index in [1.807, 2.05) is 0 Å². The van der Waals surface area contributed by atoms with Crippen molar-refractivity contribution in [2.24, 2.45) is 0 Å². The zero-order chi connectivity index (χ0) is 13.2. The highest BCUT2D eigenvalue weighted by molar-refractivity contribution is 5.77. The first kappa shape index (κ1) is 11.9. The number of fused-ring (bicyclic) bond motifs is 1. The van der Waals surface area contributed by atoms with E-state index in [0.717, 1.165) is 6.54 Å². The van der Waals surface area contributed by atoms with Crippen LogP contribution in [0.3, 0.4) is 0 Å². The molecule has 1 fully saturated rings. The number of aromatic nitrogens is 1. The Labute approximate surface area is 109 Å². The molecule has 1 aliphatic carbocycles. The average Bonchev–Trinajstić information content (AvgIpc) is 3.12. The van der Waals surface area contributed by atoms with Crippen molar-refractivity contribution >= 4 is 22.8 Å². The van der Waals surface area contributed by atoms with E-state index >= 15 is 0 Å². The normalized spacial score (nSPS) is 14.7. The fraction of sp³-hybridized carbons (Fsp3) is 0.417. The molecule has 0 radical (unpaired) electrons. The zero-order valence-corrected chi connectivity index (χ0v) is 10.3. The summed E-state index contributed by atoms with van der Waals surface area (Å²) in [5, 5.41) is 17.1. The molecule has 0 bridgehead atoms. The van der Waals surface area contributed by atoms with Gasteiger partial charge in [-0.15, -0.1) is 0 Å². The first-order valence-corrected chi connectivity index (χ1v) is 6.24. The largest absolute Gasteiger partial charge is 0.423 e. The molecular formula is C12H14N4O3. The summed E-state index contributed by atoms with van der Waals surface area (Å²) in [5.74, 6) is 0. The number of hydrogen-bond acceptors (Lipinski definition) is 6. The third-order valence-corrected chi connectivity index (χ3v) is 2.99. The van der Waals surface area contributed by atoms with Gasteiger partial charge in [-0.3, -0.25) is 10.1 Å². The summed E-state index contributed by atoms with van der Waals surface area (Å²) in [6.45, 7) is 1.56. The quantitative estimate of drug-likeness (QED) is 0.469. The van der Waals surface area contributed by atoms with Gasteiger partial charge in [-0.05, 0) is 18.9 Å². The van der Waals surface area contributed by atoms with Gasteiger partial charge in [-0.1, -0.05) is 0 Å². The van der Waals surface area contributed by atoms with Gasteiger partial charge in [0, 0.05) is 25.2 Å². The van der Waals surface area contributed by atoms with Crippen molar-refractivity contribution in [2.75, 3.05) is 18.4 Å². The maximum Gasteiger partial charge on any atom is 0.295 e. The first-order valence-electron chi connectivity index (χ1n) is 6.24. The first-order chi connectivity index (χ1) is 9.22.